The van der Waals surface area contributed by atoms with E-state index in [2.05, 4.69) is 15.5 Å². The van der Waals surface area contributed by atoms with Crippen LogP contribution in [0.2, 0.25) is 0 Å². The molecule has 1 saturated carbocycles. The Labute approximate surface area is 140 Å². The first-order valence-corrected chi connectivity index (χ1v) is 8.18. The number of nitrogens with zero attached hydrogens (tertiary/aromatic N) is 1. The van der Waals surface area contributed by atoms with Crippen molar-refractivity contribution in [2.24, 2.45) is 5.92 Å². The average Bonchev–Trinajstić information content (AvgIpc) is 2.95. The van der Waals surface area contributed by atoms with Crippen molar-refractivity contribution >= 4 is 22.6 Å². The molecule has 2 N–H and O–H groups in total. The van der Waals surface area contributed by atoms with Gasteiger partial charge in [0.1, 0.15) is 5.75 Å². The number of hydrogen-bond acceptors (Lipinski definition) is 3. The molecule has 4 rings (SSSR count). The minimum Gasteiger partial charge on any atom is -0.497 e. The fourth-order valence-corrected chi connectivity index (χ4v) is 2.97. The lowest BCUT2D eigenvalue weighted by molar-refractivity contribution is -0.122. The molecule has 1 aromatic heterocycles. The monoisotopic (exact) mass is 321 g/mol. The molecule has 0 atom stereocenters. The number of hydrogen-bond donors (Lipinski definition) is 2. The maximum atomic E-state index is 12.1. The largest absolute Gasteiger partial charge is 0.497 e. The SMILES string of the molecule is COc1ccc(-c2ccc3c(NC(=O)C4CCC4)n[nH]c3c2)cc1. The standard InChI is InChI=1S/C19H19N3O2/c1-24-15-8-5-12(6-9-15)14-7-10-16-17(11-14)21-22-18(16)20-19(23)13-3-2-4-13/h5-11,13H,2-4H2,1H3,(H2,20,21,22,23). The minimum absolute atomic E-state index is 0.0777. The summed E-state index contributed by atoms with van der Waals surface area (Å²) in [5.74, 6) is 1.68. The van der Waals surface area contributed by atoms with Crippen molar-refractivity contribution in [1.82, 2.24) is 10.2 Å². The number of aromatic amines is 1. The number of amides is 1. The highest BCUT2D eigenvalue weighted by Gasteiger charge is 2.26. The number of H-pyrrole nitrogens is 1. The van der Waals surface area contributed by atoms with E-state index in [1.54, 1.807) is 7.11 Å². The van der Waals surface area contributed by atoms with Crippen molar-refractivity contribution in [3.8, 4) is 16.9 Å². The summed E-state index contributed by atoms with van der Waals surface area (Å²) in [5, 5.41) is 11.1. The molecule has 3 aromatic rings. The van der Waals surface area contributed by atoms with Gasteiger partial charge in [0.2, 0.25) is 5.91 Å². The second-order valence-electron chi connectivity index (χ2n) is 6.18. The van der Waals surface area contributed by atoms with E-state index in [0.29, 0.717) is 5.82 Å². The van der Waals surface area contributed by atoms with Crippen LogP contribution in [0.3, 0.4) is 0 Å². The van der Waals surface area contributed by atoms with Gasteiger partial charge in [-0.3, -0.25) is 9.89 Å². The average molecular weight is 321 g/mol. The van der Waals surface area contributed by atoms with Crippen LogP contribution in [0.4, 0.5) is 5.82 Å². The first kappa shape index (κ1) is 14.8. The molecular weight excluding hydrogens is 302 g/mol. The maximum Gasteiger partial charge on any atom is 0.228 e. The number of benzene rings is 2. The summed E-state index contributed by atoms with van der Waals surface area (Å²) in [7, 11) is 1.66. The lowest BCUT2D eigenvalue weighted by Crippen LogP contribution is -2.28. The zero-order valence-corrected chi connectivity index (χ0v) is 13.5. The van der Waals surface area contributed by atoms with Gasteiger partial charge < -0.3 is 10.1 Å². The van der Waals surface area contributed by atoms with Crippen molar-refractivity contribution in [2.45, 2.75) is 19.3 Å². The molecule has 24 heavy (non-hydrogen) atoms. The Kier molecular flexibility index (Phi) is 3.69. The predicted octanol–water partition coefficient (Wildman–Crippen LogP) is 3.98. The summed E-state index contributed by atoms with van der Waals surface area (Å²) in [6.07, 6.45) is 3.11. The molecule has 122 valence electrons. The molecule has 1 heterocycles. The number of rotatable bonds is 4. The fourth-order valence-electron chi connectivity index (χ4n) is 2.97. The number of nitrogens with one attached hydrogen (secondary N) is 2. The van der Waals surface area contributed by atoms with E-state index in [4.69, 9.17) is 4.74 Å². The molecule has 0 aliphatic heterocycles. The summed E-state index contributed by atoms with van der Waals surface area (Å²) < 4.78 is 5.19. The Balaban J connectivity index is 1.60. The van der Waals surface area contributed by atoms with E-state index in [1.807, 2.05) is 42.5 Å². The fraction of sp³-hybridized carbons (Fsp3) is 0.263. The number of carbonyl (C=O) groups excluding carboxylic acids is 1. The molecular formula is C19H19N3O2. The van der Waals surface area contributed by atoms with Gasteiger partial charge in [0.15, 0.2) is 5.82 Å². The van der Waals surface area contributed by atoms with Crippen LogP contribution in [0.5, 0.6) is 5.75 Å². The summed E-state index contributed by atoms with van der Waals surface area (Å²) in [4.78, 5) is 12.1. The number of aromatic nitrogens is 2. The first-order valence-electron chi connectivity index (χ1n) is 8.18. The summed E-state index contributed by atoms with van der Waals surface area (Å²) in [6.45, 7) is 0. The van der Waals surface area contributed by atoms with Crippen LogP contribution < -0.4 is 10.1 Å². The minimum atomic E-state index is 0.0777. The number of ether oxygens (including phenoxy) is 1. The molecule has 1 fully saturated rings. The number of anilines is 1. The quantitative estimate of drug-likeness (QED) is 0.764. The molecule has 0 unspecified atom stereocenters. The van der Waals surface area contributed by atoms with Gasteiger partial charge in [-0.25, -0.2) is 0 Å². The van der Waals surface area contributed by atoms with Crippen molar-refractivity contribution in [3.63, 3.8) is 0 Å². The van der Waals surface area contributed by atoms with Crippen LogP contribution in [0.1, 0.15) is 19.3 Å². The molecule has 0 bridgehead atoms. The number of carbonyl (C=O) groups is 1. The van der Waals surface area contributed by atoms with E-state index in [0.717, 1.165) is 47.0 Å². The molecule has 1 aliphatic carbocycles. The third-order valence-electron chi connectivity index (χ3n) is 4.70. The first-order chi connectivity index (χ1) is 11.7. The van der Waals surface area contributed by atoms with Gasteiger partial charge in [-0.1, -0.05) is 24.6 Å². The molecule has 5 nitrogen and oxygen atoms in total. The predicted molar refractivity (Wildman–Crippen MR) is 94.1 cm³/mol. The Hall–Kier alpha value is -2.82. The second-order valence-corrected chi connectivity index (χ2v) is 6.18. The third kappa shape index (κ3) is 2.62. The Bertz CT molecular complexity index is 879. The topological polar surface area (TPSA) is 67.0 Å². The van der Waals surface area contributed by atoms with Crippen LogP contribution in [-0.2, 0) is 4.79 Å². The van der Waals surface area contributed by atoms with Crippen LogP contribution in [0, 0.1) is 5.92 Å². The molecule has 0 spiro atoms. The molecule has 5 heteroatoms. The summed E-state index contributed by atoms with van der Waals surface area (Å²) in [6, 6.07) is 14.0. The number of methoxy groups -OCH3 is 1. The smallest absolute Gasteiger partial charge is 0.228 e. The van der Waals surface area contributed by atoms with Crippen molar-refractivity contribution in [1.29, 1.82) is 0 Å². The maximum absolute atomic E-state index is 12.1. The zero-order valence-electron chi connectivity index (χ0n) is 13.5. The normalized spacial score (nSPS) is 14.4. The Morgan fingerprint density at radius 2 is 1.92 bits per heavy atom. The van der Waals surface area contributed by atoms with Crippen molar-refractivity contribution in [3.05, 3.63) is 42.5 Å². The third-order valence-corrected chi connectivity index (χ3v) is 4.70. The summed E-state index contributed by atoms with van der Waals surface area (Å²) >= 11 is 0. The van der Waals surface area contributed by atoms with Crippen molar-refractivity contribution < 1.29 is 9.53 Å². The van der Waals surface area contributed by atoms with Crippen LogP contribution in [-0.4, -0.2) is 23.2 Å². The van der Waals surface area contributed by atoms with Gasteiger partial charge >= 0.3 is 0 Å². The Morgan fingerprint density at radius 3 is 2.58 bits per heavy atom. The molecule has 0 radical (unpaired) electrons. The van der Waals surface area contributed by atoms with E-state index in [-0.39, 0.29) is 11.8 Å². The van der Waals surface area contributed by atoms with E-state index in [9.17, 15) is 4.79 Å². The molecule has 2 aromatic carbocycles. The van der Waals surface area contributed by atoms with E-state index >= 15 is 0 Å². The highest BCUT2D eigenvalue weighted by atomic mass is 16.5. The lowest BCUT2D eigenvalue weighted by atomic mass is 9.85. The lowest BCUT2D eigenvalue weighted by Gasteiger charge is -2.23. The van der Waals surface area contributed by atoms with Gasteiger partial charge in [0, 0.05) is 11.3 Å². The zero-order chi connectivity index (χ0) is 16.5. The van der Waals surface area contributed by atoms with Crippen LogP contribution >= 0.6 is 0 Å². The number of fused-ring (bicyclic) bond motifs is 1. The van der Waals surface area contributed by atoms with Crippen molar-refractivity contribution in [2.75, 3.05) is 12.4 Å². The molecule has 0 saturated heterocycles. The van der Waals surface area contributed by atoms with Crippen LogP contribution in [0.15, 0.2) is 42.5 Å². The second kappa shape index (κ2) is 6.00. The molecule has 1 aliphatic rings. The Morgan fingerprint density at radius 1 is 1.17 bits per heavy atom. The van der Waals surface area contributed by atoms with E-state index in [1.165, 1.54) is 0 Å². The van der Waals surface area contributed by atoms with Gasteiger partial charge in [-0.2, -0.15) is 5.10 Å². The highest BCUT2D eigenvalue weighted by Crippen LogP contribution is 2.30. The highest BCUT2D eigenvalue weighted by molar-refractivity contribution is 6.01. The van der Waals surface area contributed by atoms with Gasteiger partial charge in [-0.15, -0.1) is 0 Å². The van der Waals surface area contributed by atoms with Gasteiger partial charge in [0.05, 0.1) is 12.6 Å². The van der Waals surface area contributed by atoms with E-state index < -0.39 is 0 Å². The van der Waals surface area contributed by atoms with Gasteiger partial charge in [0.25, 0.3) is 0 Å². The van der Waals surface area contributed by atoms with Gasteiger partial charge in [-0.05, 0) is 48.2 Å². The summed E-state index contributed by atoms with van der Waals surface area (Å²) in [5.41, 5.74) is 3.10. The molecule has 1 amide bonds. The van der Waals surface area contributed by atoms with Crippen LogP contribution in [0.25, 0.3) is 22.0 Å².